The summed E-state index contributed by atoms with van der Waals surface area (Å²) in [7, 11) is 0. The summed E-state index contributed by atoms with van der Waals surface area (Å²) in [6.07, 6.45) is 1.22. The van der Waals surface area contributed by atoms with Gasteiger partial charge in [0.1, 0.15) is 6.04 Å². The van der Waals surface area contributed by atoms with Gasteiger partial charge in [0.25, 0.3) is 0 Å². The standard InChI is InChI=1S/C11H21N3O3/c1-2-3-9(11(16)17)13-10(15)8-14-6-4-12-5-7-14/h9,12H,2-8H2,1H3,(H,13,15)(H,16,17)/t9-/m1/s1. The van der Waals surface area contributed by atoms with Crippen LogP contribution in [0.3, 0.4) is 0 Å². The molecule has 1 aliphatic rings. The molecule has 0 radical (unpaired) electrons. The number of hydrogen-bond donors (Lipinski definition) is 3. The summed E-state index contributed by atoms with van der Waals surface area (Å²) in [4.78, 5) is 24.6. The highest BCUT2D eigenvalue weighted by molar-refractivity contribution is 5.84. The van der Waals surface area contributed by atoms with Crippen LogP contribution < -0.4 is 10.6 Å². The van der Waals surface area contributed by atoms with Crippen molar-refractivity contribution in [2.24, 2.45) is 0 Å². The van der Waals surface area contributed by atoms with Crippen molar-refractivity contribution in [1.82, 2.24) is 15.5 Å². The summed E-state index contributed by atoms with van der Waals surface area (Å²) in [5.41, 5.74) is 0. The number of aliphatic carboxylic acids is 1. The maximum atomic E-state index is 11.7. The molecule has 1 rings (SSSR count). The van der Waals surface area contributed by atoms with Crippen LogP contribution in [0.2, 0.25) is 0 Å². The van der Waals surface area contributed by atoms with Crippen LogP contribution in [-0.2, 0) is 9.59 Å². The van der Waals surface area contributed by atoms with Crippen molar-refractivity contribution in [2.45, 2.75) is 25.8 Å². The number of piperazine rings is 1. The number of nitrogens with zero attached hydrogens (tertiary/aromatic N) is 1. The average Bonchev–Trinajstić information content (AvgIpc) is 2.29. The zero-order valence-electron chi connectivity index (χ0n) is 10.2. The second-order valence-electron chi connectivity index (χ2n) is 4.27. The van der Waals surface area contributed by atoms with E-state index < -0.39 is 12.0 Å². The largest absolute Gasteiger partial charge is 0.480 e. The molecule has 1 heterocycles. The van der Waals surface area contributed by atoms with Crippen molar-refractivity contribution < 1.29 is 14.7 Å². The van der Waals surface area contributed by atoms with E-state index in [1.54, 1.807) is 0 Å². The van der Waals surface area contributed by atoms with E-state index >= 15 is 0 Å². The van der Waals surface area contributed by atoms with E-state index in [9.17, 15) is 9.59 Å². The number of nitrogens with one attached hydrogen (secondary N) is 2. The van der Waals surface area contributed by atoms with Gasteiger partial charge in [-0.25, -0.2) is 4.79 Å². The van der Waals surface area contributed by atoms with Crippen LogP contribution in [0.5, 0.6) is 0 Å². The minimum atomic E-state index is -0.958. The predicted molar refractivity (Wildman–Crippen MR) is 63.8 cm³/mol. The van der Waals surface area contributed by atoms with Gasteiger partial charge < -0.3 is 15.7 Å². The fourth-order valence-electron chi connectivity index (χ4n) is 1.86. The van der Waals surface area contributed by atoms with Gasteiger partial charge in [0.15, 0.2) is 0 Å². The van der Waals surface area contributed by atoms with Crippen LogP contribution in [-0.4, -0.2) is 60.6 Å². The van der Waals surface area contributed by atoms with Crippen molar-refractivity contribution in [3.8, 4) is 0 Å². The molecule has 0 aliphatic carbocycles. The first-order valence-electron chi connectivity index (χ1n) is 6.08. The van der Waals surface area contributed by atoms with Crippen LogP contribution in [0.15, 0.2) is 0 Å². The molecule has 6 heteroatoms. The minimum Gasteiger partial charge on any atom is -0.480 e. The van der Waals surface area contributed by atoms with E-state index in [0.29, 0.717) is 6.42 Å². The quantitative estimate of drug-likeness (QED) is 0.572. The van der Waals surface area contributed by atoms with Gasteiger partial charge in [-0.15, -0.1) is 0 Å². The second-order valence-corrected chi connectivity index (χ2v) is 4.27. The maximum Gasteiger partial charge on any atom is 0.326 e. The topological polar surface area (TPSA) is 81.7 Å². The van der Waals surface area contributed by atoms with Gasteiger partial charge in [-0.2, -0.15) is 0 Å². The van der Waals surface area contributed by atoms with Gasteiger partial charge in [-0.3, -0.25) is 9.69 Å². The fraction of sp³-hybridized carbons (Fsp3) is 0.818. The Balaban J connectivity index is 2.33. The smallest absolute Gasteiger partial charge is 0.326 e. The molecule has 3 N–H and O–H groups in total. The molecular weight excluding hydrogens is 222 g/mol. The average molecular weight is 243 g/mol. The highest BCUT2D eigenvalue weighted by atomic mass is 16.4. The molecule has 1 aliphatic heterocycles. The van der Waals surface area contributed by atoms with Crippen molar-refractivity contribution in [1.29, 1.82) is 0 Å². The van der Waals surface area contributed by atoms with E-state index in [4.69, 9.17) is 5.11 Å². The summed E-state index contributed by atoms with van der Waals surface area (Å²) in [5, 5.41) is 14.7. The Morgan fingerprint density at radius 2 is 2.06 bits per heavy atom. The third-order valence-corrected chi connectivity index (χ3v) is 2.79. The Labute approximate surface area is 101 Å². The number of amides is 1. The Bertz CT molecular complexity index is 265. The lowest BCUT2D eigenvalue weighted by atomic mass is 10.1. The molecule has 0 unspecified atom stereocenters. The Morgan fingerprint density at radius 1 is 1.41 bits per heavy atom. The van der Waals surface area contributed by atoms with Gasteiger partial charge in [-0.05, 0) is 6.42 Å². The zero-order chi connectivity index (χ0) is 12.7. The lowest BCUT2D eigenvalue weighted by molar-refractivity contribution is -0.142. The lowest BCUT2D eigenvalue weighted by Crippen LogP contribution is -2.50. The first-order chi connectivity index (χ1) is 8.13. The monoisotopic (exact) mass is 243 g/mol. The normalized spacial score (nSPS) is 18.6. The number of carboxylic acid groups (broad SMARTS) is 1. The van der Waals surface area contributed by atoms with E-state index in [1.165, 1.54) is 0 Å². The van der Waals surface area contributed by atoms with Gasteiger partial charge in [0, 0.05) is 26.2 Å². The molecule has 0 aromatic heterocycles. The lowest BCUT2D eigenvalue weighted by Gasteiger charge is -2.27. The van der Waals surface area contributed by atoms with Crippen LogP contribution in [0.25, 0.3) is 0 Å². The van der Waals surface area contributed by atoms with Crippen LogP contribution >= 0.6 is 0 Å². The number of hydrogen-bond acceptors (Lipinski definition) is 4. The maximum absolute atomic E-state index is 11.7. The highest BCUT2D eigenvalue weighted by Crippen LogP contribution is 1.98. The first kappa shape index (κ1) is 13.9. The summed E-state index contributed by atoms with van der Waals surface area (Å²) in [6.45, 7) is 5.61. The molecular formula is C11H21N3O3. The molecule has 0 aromatic carbocycles. The summed E-state index contributed by atoms with van der Waals surface area (Å²) in [6, 6.07) is -0.754. The third kappa shape index (κ3) is 5.14. The molecule has 1 saturated heterocycles. The molecule has 0 bridgehead atoms. The van der Waals surface area contributed by atoms with Crippen molar-refractivity contribution in [3.05, 3.63) is 0 Å². The third-order valence-electron chi connectivity index (χ3n) is 2.79. The Hall–Kier alpha value is -1.14. The Kier molecular flexibility index (Phi) is 5.93. The molecule has 17 heavy (non-hydrogen) atoms. The fourth-order valence-corrected chi connectivity index (χ4v) is 1.86. The molecule has 98 valence electrons. The van der Waals surface area contributed by atoms with Gasteiger partial charge in [0.05, 0.1) is 6.54 Å². The van der Waals surface area contributed by atoms with E-state index in [2.05, 4.69) is 10.6 Å². The molecule has 1 fully saturated rings. The molecule has 0 aromatic rings. The molecule has 0 spiro atoms. The van der Waals surface area contributed by atoms with E-state index in [-0.39, 0.29) is 12.5 Å². The SMILES string of the molecule is CCC[C@@H](NC(=O)CN1CCNCC1)C(=O)O. The molecule has 0 saturated carbocycles. The van der Waals surface area contributed by atoms with Gasteiger partial charge >= 0.3 is 5.97 Å². The van der Waals surface area contributed by atoms with Gasteiger partial charge in [-0.1, -0.05) is 13.3 Å². The molecule has 6 nitrogen and oxygen atoms in total. The number of carbonyl (C=O) groups is 2. The van der Waals surface area contributed by atoms with E-state index in [1.807, 2.05) is 11.8 Å². The number of rotatable bonds is 6. The summed E-state index contributed by atoms with van der Waals surface area (Å²) in [5.74, 6) is -1.16. The number of carboxylic acids is 1. The molecule has 1 amide bonds. The Morgan fingerprint density at radius 3 is 2.59 bits per heavy atom. The van der Waals surface area contributed by atoms with Gasteiger partial charge in [0.2, 0.25) is 5.91 Å². The summed E-state index contributed by atoms with van der Waals surface area (Å²) < 4.78 is 0. The van der Waals surface area contributed by atoms with Crippen molar-refractivity contribution >= 4 is 11.9 Å². The second kappa shape index (κ2) is 7.24. The van der Waals surface area contributed by atoms with E-state index in [0.717, 1.165) is 32.6 Å². The van der Waals surface area contributed by atoms with Crippen LogP contribution in [0.4, 0.5) is 0 Å². The first-order valence-corrected chi connectivity index (χ1v) is 6.08. The van der Waals surface area contributed by atoms with Crippen LogP contribution in [0.1, 0.15) is 19.8 Å². The summed E-state index contributed by atoms with van der Waals surface area (Å²) >= 11 is 0. The number of carbonyl (C=O) groups excluding carboxylic acids is 1. The zero-order valence-corrected chi connectivity index (χ0v) is 10.2. The van der Waals surface area contributed by atoms with Crippen LogP contribution in [0, 0.1) is 0 Å². The highest BCUT2D eigenvalue weighted by Gasteiger charge is 2.20. The minimum absolute atomic E-state index is 0.201. The van der Waals surface area contributed by atoms with Crippen molar-refractivity contribution in [2.75, 3.05) is 32.7 Å². The molecule has 1 atom stereocenters. The van der Waals surface area contributed by atoms with Crippen molar-refractivity contribution in [3.63, 3.8) is 0 Å². The predicted octanol–water partition coefficient (Wildman–Crippen LogP) is -0.739.